The van der Waals surface area contributed by atoms with Crippen molar-refractivity contribution in [2.75, 3.05) is 26.2 Å². The van der Waals surface area contributed by atoms with Gasteiger partial charge >= 0.3 is 0 Å². The van der Waals surface area contributed by atoms with Gasteiger partial charge in [-0.15, -0.1) is 0 Å². The van der Waals surface area contributed by atoms with E-state index in [1.807, 2.05) is 0 Å². The standard InChI is InChI=1S/C14H30N2/c1-3-5-6-7-10-15-11-13-16-12-8-9-14(16)4-2/h14-15H,3-13H2,1-2H3. The largest absolute Gasteiger partial charge is 0.315 e. The van der Waals surface area contributed by atoms with Crippen LogP contribution >= 0.6 is 0 Å². The quantitative estimate of drug-likeness (QED) is 0.608. The Bertz CT molecular complexity index is 159. The summed E-state index contributed by atoms with van der Waals surface area (Å²) < 4.78 is 0. The molecule has 0 radical (unpaired) electrons. The molecule has 0 saturated carbocycles. The van der Waals surface area contributed by atoms with Gasteiger partial charge in [-0.05, 0) is 38.8 Å². The minimum atomic E-state index is 0.877. The maximum absolute atomic E-state index is 3.57. The van der Waals surface area contributed by atoms with Gasteiger partial charge < -0.3 is 5.32 Å². The van der Waals surface area contributed by atoms with Gasteiger partial charge in [-0.3, -0.25) is 4.90 Å². The molecule has 0 bridgehead atoms. The summed E-state index contributed by atoms with van der Waals surface area (Å²) in [5.41, 5.74) is 0. The average Bonchev–Trinajstić information content (AvgIpc) is 2.75. The molecule has 0 aliphatic carbocycles. The van der Waals surface area contributed by atoms with E-state index in [0.717, 1.165) is 6.04 Å². The minimum Gasteiger partial charge on any atom is -0.315 e. The molecular formula is C14H30N2. The summed E-state index contributed by atoms with van der Waals surface area (Å²) >= 11 is 0. The van der Waals surface area contributed by atoms with Crippen LogP contribution in [0, 0.1) is 0 Å². The zero-order valence-electron chi connectivity index (χ0n) is 11.3. The van der Waals surface area contributed by atoms with E-state index in [2.05, 4.69) is 24.1 Å². The number of unbranched alkanes of at least 4 members (excludes halogenated alkanes) is 3. The average molecular weight is 226 g/mol. The molecule has 1 fully saturated rings. The molecule has 1 aliphatic heterocycles. The van der Waals surface area contributed by atoms with E-state index >= 15 is 0 Å². The van der Waals surface area contributed by atoms with Crippen LogP contribution in [0.25, 0.3) is 0 Å². The molecule has 0 aromatic heterocycles. The van der Waals surface area contributed by atoms with E-state index in [9.17, 15) is 0 Å². The number of hydrogen-bond acceptors (Lipinski definition) is 2. The molecule has 1 rings (SSSR count). The van der Waals surface area contributed by atoms with Crippen molar-refractivity contribution in [3.8, 4) is 0 Å². The molecule has 1 unspecified atom stereocenters. The third-order valence-corrected chi connectivity index (χ3v) is 3.75. The maximum Gasteiger partial charge on any atom is 0.0110 e. The van der Waals surface area contributed by atoms with Crippen LogP contribution in [0.15, 0.2) is 0 Å². The Morgan fingerprint density at radius 3 is 2.75 bits per heavy atom. The van der Waals surface area contributed by atoms with Crippen molar-refractivity contribution < 1.29 is 0 Å². The summed E-state index contributed by atoms with van der Waals surface area (Å²) in [6.07, 6.45) is 9.64. The highest BCUT2D eigenvalue weighted by atomic mass is 15.2. The Kier molecular flexibility index (Phi) is 7.87. The Morgan fingerprint density at radius 1 is 1.12 bits per heavy atom. The number of nitrogens with one attached hydrogen (secondary N) is 1. The second-order valence-electron chi connectivity index (χ2n) is 5.05. The van der Waals surface area contributed by atoms with Gasteiger partial charge in [-0.1, -0.05) is 33.1 Å². The second-order valence-corrected chi connectivity index (χ2v) is 5.05. The molecule has 16 heavy (non-hydrogen) atoms. The SMILES string of the molecule is CCCCCCNCCN1CCCC1CC. The van der Waals surface area contributed by atoms with Crippen molar-refractivity contribution in [2.24, 2.45) is 0 Å². The van der Waals surface area contributed by atoms with Crippen molar-refractivity contribution in [3.63, 3.8) is 0 Å². The monoisotopic (exact) mass is 226 g/mol. The molecule has 0 aromatic rings. The number of hydrogen-bond donors (Lipinski definition) is 1. The molecule has 1 heterocycles. The molecule has 0 spiro atoms. The summed E-state index contributed by atoms with van der Waals surface area (Å²) in [7, 11) is 0. The zero-order valence-corrected chi connectivity index (χ0v) is 11.3. The van der Waals surface area contributed by atoms with Gasteiger partial charge in [-0.2, -0.15) is 0 Å². The topological polar surface area (TPSA) is 15.3 Å². The third kappa shape index (κ3) is 5.31. The van der Waals surface area contributed by atoms with Gasteiger partial charge in [0.1, 0.15) is 0 Å². The van der Waals surface area contributed by atoms with E-state index < -0.39 is 0 Å². The van der Waals surface area contributed by atoms with Crippen molar-refractivity contribution >= 4 is 0 Å². The highest BCUT2D eigenvalue weighted by Crippen LogP contribution is 2.18. The predicted molar refractivity (Wildman–Crippen MR) is 71.9 cm³/mol. The smallest absolute Gasteiger partial charge is 0.0110 e. The summed E-state index contributed by atoms with van der Waals surface area (Å²) in [5.74, 6) is 0. The molecule has 0 amide bonds. The fourth-order valence-electron chi connectivity index (χ4n) is 2.68. The first-order valence-corrected chi connectivity index (χ1v) is 7.33. The first-order valence-electron chi connectivity index (χ1n) is 7.33. The molecule has 0 aromatic carbocycles. The Balaban J connectivity index is 1.90. The van der Waals surface area contributed by atoms with Crippen LogP contribution < -0.4 is 5.32 Å². The van der Waals surface area contributed by atoms with Gasteiger partial charge in [0.15, 0.2) is 0 Å². The van der Waals surface area contributed by atoms with Crippen molar-refractivity contribution in [3.05, 3.63) is 0 Å². The molecule has 96 valence electrons. The maximum atomic E-state index is 3.57. The van der Waals surface area contributed by atoms with E-state index in [-0.39, 0.29) is 0 Å². The molecular weight excluding hydrogens is 196 g/mol. The van der Waals surface area contributed by atoms with Gasteiger partial charge in [0.25, 0.3) is 0 Å². The molecule has 1 atom stereocenters. The van der Waals surface area contributed by atoms with Gasteiger partial charge in [0.2, 0.25) is 0 Å². The van der Waals surface area contributed by atoms with E-state index in [0.29, 0.717) is 0 Å². The van der Waals surface area contributed by atoms with Crippen molar-refractivity contribution in [1.82, 2.24) is 10.2 Å². The summed E-state index contributed by atoms with van der Waals surface area (Å²) in [5, 5.41) is 3.57. The van der Waals surface area contributed by atoms with Crippen molar-refractivity contribution in [2.45, 2.75) is 64.8 Å². The lowest BCUT2D eigenvalue weighted by atomic mass is 10.2. The van der Waals surface area contributed by atoms with Gasteiger partial charge in [0, 0.05) is 19.1 Å². The molecule has 1 saturated heterocycles. The number of rotatable bonds is 9. The van der Waals surface area contributed by atoms with E-state index in [1.54, 1.807) is 0 Å². The van der Waals surface area contributed by atoms with Crippen LogP contribution in [0.4, 0.5) is 0 Å². The Hall–Kier alpha value is -0.0800. The third-order valence-electron chi connectivity index (χ3n) is 3.75. The predicted octanol–water partition coefficient (Wildman–Crippen LogP) is 3.03. The zero-order chi connectivity index (χ0) is 11.6. The second kappa shape index (κ2) is 9.00. The summed E-state index contributed by atoms with van der Waals surface area (Å²) in [6, 6.07) is 0.877. The lowest BCUT2D eigenvalue weighted by molar-refractivity contribution is 0.248. The highest BCUT2D eigenvalue weighted by molar-refractivity contribution is 4.78. The lowest BCUT2D eigenvalue weighted by Crippen LogP contribution is -2.35. The van der Waals surface area contributed by atoms with Gasteiger partial charge in [0.05, 0.1) is 0 Å². The Labute approximate surface area is 102 Å². The molecule has 1 aliphatic rings. The highest BCUT2D eigenvalue weighted by Gasteiger charge is 2.21. The normalized spacial score (nSPS) is 21.8. The van der Waals surface area contributed by atoms with Crippen LogP contribution in [-0.4, -0.2) is 37.1 Å². The minimum absolute atomic E-state index is 0.877. The van der Waals surface area contributed by atoms with Crippen LogP contribution in [0.3, 0.4) is 0 Å². The first-order chi connectivity index (χ1) is 7.88. The van der Waals surface area contributed by atoms with Gasteiger partial charge in [-0.25, -0.2) is 0 Å². The summed E-state index contributed by atoms with van der Waals surface area (Å²) in [6.45, 7) is 9.57. The first kappa shape index (κ1) is 14.0. The van der Waals surface area contributed by atoms with Crippen LogP contribution in [-0.2, 0) is 0 Å². The van der Waals surface area contributed by atoms with Crippen LogP contribution in [0.2, 0.25) is 0 Å². The van der Waals surface area contributed by atoms with Crippen LogP contribution in [0.5, 0.6) is 0 Å². The Morgan fingerprint density at radius 2 is 2.00 bits per heavy atom. The molecule has 2 heteroatoms. The molecule has 2 nitrogen and oxygen atoms in total. The van der Waals surface area contributed by atoms with E-state index in [4.69, 9.17) is 0 Å². The van der Waals surface area contributed by atoms with Crippen LogP contribution in [0.1, 0.15) is 58.8 Å². The van der Waals surface area contributed by atoms with Crippen molar-refractivity contribution in [1.29, 1.82) is 0 Å². The number of nitrogens with zero attached hydrogens (tertiary/aromatic N) is 1. The lowest BCUT2D eigenvalue weighted by Gasteiger charge is -2.23. The summed E-state index contributed by atoms with van der Waals surface area (Å²) in [4.78, 5) is 2.67. The number of likely N-dealkylation sites (tertiary alicyclic amines) is 1. The fraction of sp³-hybridized carbons (Fsp3) is 1.00. The molecule has 1 N–H and O–H groups in total. The van der Waals surface area contributed by atoms with E-state index in [1.165, 1.54) is 71.1 Å². The fourth-order valence-corrected chi connectivity index (χ4v) is 2.68.